The number of amides is 1. The third-order valence-electron chi connectivity index (χ3n) is 3.33. The first-order chi connectivity index (χ1) is 9.60. The molecule has 2 rings (SSSR count). The molecule has 1 aromatic carbocycles. The maximum Gasteiger partial charge on any atom is 0.338 e. The Morgan fingerprint density at radius 3 is 2.70 bits per heavy atom. The van der Waals surface area contributed by atoms with E-state index in [0.717, 1.165) is 18.0 Å². The lowest BCUT2D eigenvalue weighted by molar-refractivity contribution is -0.115. The topological polar surface area (TPSA) is 67.4 Å². The summed E-state index contributed by atoms with van der Waals surface area (Å²) < 4.78 is 4.68. The molecule has 0 heterocycles. The number of esters is 1. The van der Waals surface area contributed by atoms with Crippen LogP contribution in [0.2, 0.25) is 0 Å². The predicted octanol–water partition coefficient (Wildman–Crippen LogP) is 1.72. The maximum atomic E-state index is 11.7. The van der Waals surface area contributed by atoms with Gasteiger partial charge in [0.1, 0.15) is 0 Å². The van der Waals surface area contributed by atoms with Crippen molar-refractivity contribution in [3.63, 3.8) is 0 Å². The molecular weight excluding hydrogens is 256 g/mol. The second-order valence-corrected chi connectivity index (χ2v) is 5.14. The number of carbonyl (C=O) groups excluding carboxylic acids is 2. The van der Waals surface area contributed by atoms with E-state index in [1.165, 1.54) is 20.0 Å². The van der Waals surface area contributed by atoms with Crippen LogP contribution in [0.15, 0.2) is 18.2 Å². The van der Waals surface area contributed by atoms with E-state index in [9.17, 15) is 9.59 Å². The van der Waals surface area contributed by atoms with Gasteiger partial charge >= 0.3 is 5.97 Å². The third-order valence-corrected chi connectivity index (χ3v) is 3.33. The van der Waals surface area contributed by atoms with Crippen LogP contribution >= 0.6 is 0 Å². The van der Waals surface area contributed by atoms with Crippen LogP contribution in [0.1, 0.15) is 28.8 Å². The zero-order valence-corrected chi connectivity index (χ0v) is 11.9. The summed E-state index contributed by atoms with van der Waals surface area (Å²) in [7, 11) is 1.35. The minimum absolute atomic E-state index is 0.0733. The standard InChI is InChI=1S/C15H20N2O3/c1-10-7-12(5-6-13(10)15(19)20-2)17-14(18)9-16-8-11-3-4-11/h5-7,11,16H,3-4,8-9H2,1-2H3,(H,17,18). The number of anilines is 1. The normalized spacial score (nSPS) is 13.9. The van der Waals surface area contributed by atoms with Gasteiger partial charge in [-0.05, 0) is 56.0 Å². The van der Waals surface area contributed by atoms with E-state index in [-0.39, 0.29) is 11.9 Å². The van der Waals surface area contributed by atoms with Crippen LogP contribution in [0.3, 0.4) is 0 Å². The van der Waals surface area contributed by atoms with Gasteiger partial charge < -0.3 is 15.4 Å². The number of carbonyl (C=O) groups is 2. The molecule has 0 saturated heterocycles. The van der Waals surface area contributed by atoms with E-state index < -0.39 is 0 Å². The van der Waals surface area contributed by atoms with Gasteiger partial charge in [-0.15, -0.1) is 0 Å². The number of methoxy groups -OCH3 is 1. The Morgan fingerprint density at radius 2 is 2.10 bits per heavy atom. The smallest absolute Gasteiger partial charge is 0.338 e. The molecule has 0 spiro atoms. The second-order valence-electron chi connectivity index (χ2n) is 5.14. The minimum Gasteiger partial charge on any atom is -0.465 e. The van der Waals surface area contributed by atoms with Crippen molar-refractivity contribution in [3.8, 4) is 0 Å². The number of aryl methyl sites for hydroxylation is 1. The first kappa shape index (κ1) is 14.5. The molecule has 2 N–H and O–H groups in total. The molecule has 0 bridgehead atoms. The van der Waals surface area contributed by atoms with Crippen molar-refractivity contribution in [1.29, 1.82) is 0 Å². The fourth-order valence-electron chi connectivity index (χ4n) is 2.00. The summed E-state index contributed by atoms with van der Waals surface area (Å²) in [5.41, 5.74) is 1.98. The van der Waals surface area contributed by atoms with E-state index in [4.69, 9.17) is 0 Å². The Hall–Kier alpha value is -1.88. The van der Waals surface area contributed by atoms with Gasteiger partial charge in [0.25, 0.3) is 0 Å². The van der Waals surface area contributed by atoms with Crippen molar-refractivity contribution < 1.29 is 14.3 Å². The molecule has 5 nitrogen and oxygen atoms in total. The lowest BCUT2D eigenvalue weighted by Crippen LogP contribution is -2.29. The predicted molar refractivity (Wildman–Crippen MR) is 76.7 cm³/mol. The van der Waals surface area contributed by atoms with Gasteiger partial charge in [0.15, 0.2) is 0 Å². The van der Waals surface area contributed by atoms with E-state index in [2.05, 4.69) is 15.4 Å². The lowest BCUT2D eigenvalue weighted by atomic mass is 10.1. The molecule has 1 aliphatic rings. The fraction of sp³-hybridized carbons (Fsp3) is 0.467. The maximum absolute atomic E-state index is 11.7. The number of hydrogen-bond donors (Lipinski definition) is 2. The summed E-state index contributed by atoms with van der Waals surface area (Å²) in [5, 5.41) is 5.94. The first-order valence-corrected chi connectivity index (χ1v) is 6.79. The average molecular weight is 276 g/mol. The van der Waals surface area contributed by atoms with Gasteiger partial charge in [-0.3, -0.25) is 4.79 Å². The highest BCUT2D eigenvalue weighted by Crippen LogP contribution is 2.27. The number of rotatable bonds is 6. The van der Waals surface area contributed by atoms with E-state index >= 15 is 0 Å². The molecule has 5 heteroatoms. The summed E-state index contributed by atoms with van der Waals surface area (Å²) in [5.74, 6) is 0.312. The molecule has 0 aliphatic heterocycles. The van der Waals surface area contributed by atoms with Crippen LogP contribution in [-0.2, 0) is 9.53 Å². The van der Waals surface area contributed by atoms with Crippen LogP contribution in [0.4, 0.5) is 5.69 Å². The van der Waals surface area contributed by atoms with Crippen LogP contribution in [0.25, 0.3) is 0 Å². The molecular formula is C15H20N2O3. The number of nitrogens with one attached hydrogen (secondary N) is 2. The minimum atomic E-state index is -0.369. The highest BCUT2D eigenvalue weighted by atomic mass is 16.5. The summed E-state index contributed by atoms with van der Waals surface area (Å²) in [6.45, 7) is 3.04. The molecule has 0 unspecified atom stereocenters. The SMILES string of the molecule is COC(=O)c1ccc(NC(=O)CNCC2CC2)cc1C. The van der Waals surface area contributed by atoms with Gasteiger partial charge in [0.05, 0.1) is 19.2 Å². The zero-order valence-electron chi connectivity index (χ0n) is 11.9. The van der Waals surface area contributed by atoms with Crippen molar-refractivity contribution in [2.75, 3.05) is 25.5 Å². The van der Waals surface area contributed by atoms with Gasteiger partial charge in [-0.25, -0.2) is 4.79 Å². The van der Waals surface area contributed by atoms with Crippen LogP contribution in [0, 0.1) is 12.8 Å². The highest BCUT2D eigenvalue weighted by Gasteiger charge is 2.20. The van der Waals surface area contributed by atoms with Gasteiger partial charge in [0.2, 0.25) is 5.91 Å². The van der Waals surface area contributed by atoms with Crippen molar-refractivity contribution in [2.45, 2.75) is 19.8 Å². The number of benzene rings is 1. The molecule has 0 aromatic heterocycles. The van der Waals surface area contributed by atoms with Gasteiger partial charge in [-0.1, -0.05) is 0 Å². The van der Waals surface area contributed by atoms with Crippen LogP contribution in [0.5, 0.6) is 0 Å². The largest absolute Gasteiger partial charge is 0.465 e. The van der Waals surface area contributed by atoms with Gasteiger partial charge in [0, 0.05) is 5.69 Å². The Labute approximate surface area is 118 Å². The lowest BCUT2D eigenvalue weighted by Gasteiger charge is -2.09. The molecule has 0 atom stereocenters. The zero-order chi connectivity index (χ0) is 14.5. The molecule has 1 aromatic rings. The summed E-state index contributed by atoms with van der Waals surface area (Å²) >= 11 is 0. The third kappa shape index (κ3) is 4.06. The molecule has 1 amide bonds. The molecule has 1 aliphatic carbocycles. The molecule has 20 heavy (non-hydrogen) atoms. The Kier molecular flexibility index (Phi) is 4.74. The Morgan fingerprint density at radius 1 is 1.35 bits per heavy atom. The Bertz CT molecular complexity index is 510. The van der Waals surface area contributed by atoms with Crippen molar-refractivity contribution in [3.05, 3.63) is 29.3 Å². The molecule has 1 fully saturated rings. The summed E-state index contributed by atoms with van der Waals surface area (Å²) in [6, 6.07) is 5.14. The number of hydrogen-bond acceptors (Lipinski definition) is 4. The van der Waals surface area contributed by atoms with Crippen molar-refractivity contribution >= 4 is 17.6 Å². The molecule has 108 valence electrons. The van der Waals surface area contributed by atoms with E-state index in [1.54, 1.807) is 18.2 Å². The number of ether oxygens (including phenoxy) is 1. The van der Waals surface area contributed by atoms with Crippen LogP contribution in [-0.4, -0.2) is 32.1 Å². The van der Waals surface area contributed by atoms with E-state index in [0.29, 0.717) is 17.8 Å². The van der Waals surface area contributed by atoms with Crippen LogP contribution < -0.4 is 10.6 Å². The monoisotopic (exact) mass is 276 g/mol. The summed E-state index contributed by atoms with van der Waals surface area (Å²) in [4.78, 5) is 23.2. The fourth-order valence-corrected chi connectivity index (χ4v) is 2.00. The average Bonchev–Trinajstić information content (AvgIpc) is 3.22. The summed E-state index contributed by atoms with van der Waals surface area (Å²) in [6.07, 6.45) is 2.53. The van der Waals surface area contributed by atoms with Crippen molar-refractivity contribution in [1.82, 2.24) is 5.32 Å². The Balaban J connectivity index is 1.86. The quantitative estimate of drug-likeness (QED) is 0.776. The van der Waals surface area contributed by atoms with Gasteiger partial charge in [-0.2, -0.15) is 0 Å². The molecule has 1 saturated carbocycles. The highest BCUT2D eigenvalue weighted by molar-refractivity contribution is 5.94. The van der Waals surface area contributed by atoms with E-state index in [1.807, 2.05) is 6.92 Å². The van der Waals surface area contributed by atoms with Crippen molar-refractivity contribution in [2.24, 2.45) is 5.92 Å². The second kappa shape index (κ2) is 6.52. The molecule has 0 radical (unpaired) electrons. The first-order valence-electron chi connectivity index (χ1n) is 6.79.